The summed E-state index contributed by atoms with van der Waals surface area (Å²) in [4.78, 5) is 18.0. The molecule has 2 rings (SSSR count). The molecule has 7 nitrogen and oxygen atoms in total. The number of ether oxygens (including phenoxy) is 1. The summed E-state index contributed by atoms with van der Waals surface area (Å²) >= 11 is 0. The molecule has 0 spiro atoms. The van der Waals surface area contributed by atoms with E-state index in [9.17, 15) is 13.2 Å². The van der Waals surface area contributed by atoms with Crippen molar-refractivity contribution in [2.45, 2.75) is 12.5 Å². The summed E-state index contributed by atoms with van der Waals surface area (Å²) in [5, 5.41) is 3.13. The first-order valence-electron chi connectivity index (χ1n) is 7.09. The van der Waals surface area contributed by atoms with Gasteiger partial charge in [-0.2, -0.15) is 0 Å². The zero-order valence-electron chi connectivity index (χ0n) is 12.8. The summed E-state index contributed by atoms with van der Waals surface area (Å²) in [7, 11) is 0.225. The van der Waals surface area contributed by atoms with Crippen molar-refractivity contribution in [1.29, 1.82) is 0 Å². The molecule has 1 saturated heterocycles. The zero-order valence-corrected chi connectivity index (χ0v) is 13.6. The van der Waals surface area contributed by atoms with Crippen LogP contribution in [-0.2, 0) is 14.6 Å². The fraction of sp³-hybridized carbons (Fsp3) is 0.571. The third kappa shape index (κ3) is 4.17. The van der Waals surface area contributed by atoms with Crippen LogP contribution in [0.2, 0.25) is 0 Å². The molecular formula is C14H21N3O4S. The molecule has 1 aliphatic heterocycles. The van der Waals surface area contributed by atoms with Crippen LogP contribution in [-0.4, -0.2) is 69.1 Å². The minimum atomic E-state index is -3.02. The normalized spacial score (nSPS) is 19.8. The molecule has 0 radical (unpaired) electrons. The predicted octanol–water partition coefficient (Wildman–Crippen LogP) is 0.399. The molecule has 1 fully saturated rings. The predicted molar refractivity (Wildman–Crippen MR) is 83.8 cm³/mol. The Bertz CT molecular complexity index is 633. The maximum absolute atomic E-state index is 12.4. The molecule has 1 aromatic heterocycles. The number of carbonyl (C=O) groups is 1. The van der Waals surface area contributed by atoms with Crippen molar-refractivity contribution in [3.8, 4) is 0 Å². The number of rotatable bonds is 6. The Morgan fingerprint density at radius 1 is 1.55 bits per heavy atom. The van der Waals surface area contributed by atoms with Crippen LogP contribution in [0.25, 0.3) is 0 Å². The minimum absolute atomic E-state index is 0.0288. The standard InChI is InChI=1S/C14H21N3O4S/c1-17(12-4-8-22(19,20)10-12)14(18)13-9-11(3-5-16-13)15-6-7-21-2/h3,5,9,12H,4,6-8,10H2,1-2H3,(H,15,16). The highest BCUT2D eigenvalue weighted by Gasteiger charge is 2.33. The van der Waals surface area contributed by atoms with Crippen molar-refractivity contribution < 1.29 is 17.9 Å². The molecular weight excluding hydrogens is 306 g/mol. The van der Waals surface area contributed by atoms with Crippen LogP contribution in [0.15, 0.2) is 18.3 Å². The van der Waals surface area contributed by atoms with Crippen molar-refractivity contribution in [3.63, 3.8) is 0 Å². The second-order valence-electron chi connectivity index (χ2n) is 5.32. The van der Waals surface area contributed by atoms with Gasteiger partial charge in [0.25, 0.3) is 5.91 Å². The summed E-state index contributed by atoms with van der Waals surface area (Å²) < 4.78 is 28.0. The number of carbonyl (C=O) groups excluding carboxylic acids is 1. The first-order valence-corrected chi connectivity index (χ1v) is 8.91. The van der Waals surface area contributed by atoms with Crippen LogP contribution in [0, 0.1) is 0 Å². The molecule has 0 aliphatic carbocycles. The molecule has 8 heteroatoms. The molecule has 1 unspecified atom stereocenters. The van der Waals surface area contributed by atoms with E-state index < -0.39 is 9.84 Å². The first-order chi connectivity index (χ1) is 10.4. The molecule has 2 heterocycles. The van der Waals surface area contributed by atoms with Gasteiger partial charge in [-0.05, 0) is 18.6 Å². The number of nitrogens with zero attached hydrogens (tertiary/aromatic N) is 2. The van der Waals surface area contributed by atoms with E-state index in [0.29, 0.717) is 25.3 Å². The molecule has 1 atom stereocenters. The summed E-state index contributed by atoms with van der Waals surface area (Å²) in [6, 6.07) is 3.16. The van der Waals surface area contributed by atoms with E-state index in [1.165, 1.54) is 4.90 Å². The van der Waals surface area contributed by atoms with Gasteiger partial charge in [0.15, 0.2) is 9.84 Å². The highest BCUT2D eigenvalue weighted by molar-refractivity contribution is 7.91. The van der Waals surface area contributed by atoms with E-state index in [1.807, 2.05) is 0 Å². The SMILES string of the molecule is COCCNc1ccnc(C(=O)N(C)C2CCS(=O)(=O)C2)c1. The van der Waals surface area contributed by atoms with Crippen molar-refractivity contribution in [1.82, 2.24) is 9.88 Å². The number of anilines is 1. The van der Waals surface area contributed by atoms with E-state index in [0.717, 1.165) is 5.69 Å². The Labute approximate surface area is 130 Å². The van der Waals surface area contributed by atoms with Gasteiger partial charge in [-0.15, -0.1) is 0 Å². The Morgan fingerprint density at radius 2 is 2.32 bits per heavy atom. The minimum Gasteiger partial charge on any atom is -0.383 e. The lowest BCUT2D eigenvalue weighted by atomic mass is 10.2. The Morgan fingerprint density at radius 3 is 2.95 bits per heavy atom. The fourth-order valence-electron chi connectivity index (χ4n) is 2.38. The van der Waals surface area contributed by atoms with Crippen LogP contribution in [0.1, 0.15) is 16.9 Å². The number of amides is 1. The molecule has 22 heavy (non-hydrogen) atoms. The lowest BCUT2D eigenvalue weighted by Crippen LogP contribution is -2.38. The topological polar surface area (TPSA) is 88.6 Å². The molecule has 1 amide bonds. The molecule has 122 valence electrons. The van der Waals surface area contributed by atoms with Crippen LogP contribution in [0.3, 0.4) is 0 Å². The van der Waals surface area contributed by atoms with Gasteiger partial charge in [-0.1, -0.05) is 0 Å². The van der Waals surface area contributed by atoms with Crippen molar-refractivity contribution in [2.24, 2.45) is 0 Å². The van der Waals surface area contributed by atoms with E-state index in [4.69, 9.17) is 4.74 Å². The second kappa shape index (κ2) is 7.06. The van der Waals surface area contributed by atoms with Gasteiger partial charge in [0.05, 0.1) is 18.1 Å². The van der Waals surface area contributed by atoms with Crippen molar-refractivity contribution in [2.75, 3.05) is 44.1 Å². The summed E-state index contributed by atoms with van der Waals surface area (Å²) in [5.41, 5.74) is 1.08. The Kier molecular flexibility index (Phi) is 5.36. The number of hydrogen-bond acceptors (Lipinski definition) is 6. The summed E-state index contributed by atoms with van der Waals surface area (Å²) in [5.74, 6) is -0.0972. The number of nitrogens with one attached hydrogen (secondary N) is 1. The molecule has 0 saturated carbocycles. The quantitative estimate of drug-likeness (QED) is 0.761. The van der Waals surface area contributed by atoms with Crippen molar-refractivity contribution >= 4 is 21.4 Å². The third-order valence-corrected chi connectivity index (χ3v) is 5.44. The van der Waals surface area contributed by atoms with E-state index >= 15 is 0 Å². The molecule has 1 aromatic rings. The molecule has 0 bridgehead atoms. The number of pyridine rings is 1. The van der Waals surface area contributed by atoms with E-state index in [-0.39, 0.29) is 23.5 Å². The van der Waals surface area contributed by atoms with Gasteiger partial charge < -0.3 is 15.0 Å². The Hall–Kier alpha value is -1.67. The van der Waals surface area contributed by atoms with Crippen LogP contribution in [0.5, 0.6) is 0 Å². The number of hydrogen-bond donors (Lipinski definition) is 1. The maximum atomic E-state index is 12.4. The first kappa shape index (κ1) is 16.7. The van der Waals surface area contributed by atoms with Crippen molar-refractivity contribution in [3.05, 3.63) is 24.0 Å². The van der Waals surface area contributed by atoms with Gasteiger partial charge in [0, 0.05) is 38.6 Å². The van der Waals surface area contributed by atoms with Crippen LogP contribution in [0.4, 0.5) is 5.69 Å². The van der Waals surface area contributed by atoms with Gasteiger partial charge in [-0.25, -0.2) is 8.42 Å². The monoisotopic (exact) mass is 327 g/mol. The molecule has 1 N–H and O–H groups in total. The van der Waals surface area contributed by atoms with Gasteiger partial charge in [-0.3, -0.25) is 9.78 Å². The van der Waals surface area contributed by atoms with Gasteiger partial charge in [0.2, 0.25) is 0 Å². The smallest absolute Gasteiger partial charge is 0.272 e. The van der Waals surface area contributed by atoms with Crippen LogP contribution < -0.4 is 5.32 Å². The molecule has 0 aromatic carbocycles. The fourth-order valence-corrected chi connectivity index (χ4v) is 4.16. The largest absolute Gasteiger partial charge is 0.383 e. The van der Waals surface area contributed by atoms with Gasteiger partial charge in [0.1, 0.15) is 5.69 Å². The number of aromatic nitrogens is 1. The second-order valence-corrected chi connectivity index (χ2v) is 7.55. The number of sulfone groups is 1. The zero-order chi connectivity index (χ0) is 16.2. The lowest BCUT2D eigenvalue weighted by molar-refractivity contribution is 0.0742. The van der Waals surface area contributed by atoms with Crippen LogP contribution >= 0.6 is 0 Å². The average molecular weight is 327 g/mol. The Balaban J connectivity index is 2.04. The highest BCUT2D eigenvalue weighted by atomic mass is 32.2. The summed E-state index contributed by atoms with van der Waals surface area (Å²) in [6.45, 7) is 1.19. The third-order valence-electron chi connectivity index (χ3n) is 3.69. The highest BCUT2D eigenvalue weighted by Crippen LogP contribution is 2.19. The van der Waals surface area contributed by atoms with E-state index in [1.54, 1.807) is 32.5 Å². The van der Waals surface area contributed by atoms with E-state index in [2.05, 4.69) is 10.3 Å². The lowest BCUT2D eigenvalue weighted by Gasteiger charge is -2.23. The number of methoxy groups -OCH3 is 1. The summed E-state index contributed by atoms with van der Waals surface area (Å²) in [6.07, 6.45) is 2.04. The molecule has 1 aliphatic rings. The maximum Gasteiger partial charge on any atom is 0.272 e. The van der Waals surface area contributed by atoms with Gasteiger partial charge >= 0.3 is 0 Å². The average Bonchev–Trinajstić information content (AvgIpc) is 2.86.